The number of rotatable bonds is 11. The number of unbranched alkanes of at least 4 members (excludes halogenated alkanes) is 2. The lowest BCUT2D eigenvalue weighted by Crippen LogP contribution is -2.38. The molecule has 2 rings (SSSR count). The fraction of sp³-hybridized carbons (Fsp3) is 0.519. The van der Waals surface area contributed by atoms with E-state index in [1.54, 1.807) is 14.2 Å². The zero-order valence-electron chi connectivity index (χ0n) is 20.4. The number of carbonyl (C=O) groups excluding carboxylic acids is 1. The molecule has 5 heteroatoms. The number of hydrogen-bond donors (Lipinski definition) is 2. The highest BCUT2D eigenvalue weighted by Crippen LogP contribution is 2.46. The van der Waals surface area contributed by atoms with Crippen molar-refractivity contribution in [3.05, 3.63) is 53.6 Å². The fourth-order valence-electron chi connectivity index (χ4n) is 4.47. The molecule has 0 bridgehead atoms. The third-order valence-electron chi connectivity index (χ3n) is 5.95. The van der Waals surface area contributed by atoms with Crippen molar-refractivity contribution in [2.24, 2.45) is 11.3 Å². The molecule has 2 aromatic carbocycles. The lowest BCUT2D eigenvalue weighted by atomic mass is 9.68. The topological polar surface area (TPSA) is 67.8 Å². The number of carbonyl (C=O) groups is 1. The summed E-state index contributed by atoms with van der Waals surface area (Å²) in [5.74, 6) is 1.01. The normalized spacial score (nSPS) is 13.3. The summed E-state index contributed by atoms with van der Waals surface area (Å²) in [5, 5.41) is 12.6. The van der Waals surface area contributed by atoms with Crippen LogP contribution in [0.25, 0.3) is 0 Å². The van der Waals surface area contributed by atoms with Gasteiger partial charge in [-0.1, -0.05) is 71.2 Å². The quantitative estimate of drug-likeness (QED) is 0.410. The van der Waals surface area contributed by atoms with Crippen LogP contribution in [0.15, 0.2) is 42.5 Å². The Balaban J connectivity index is 2.51. The van der Waals surface area contributed by atoms with E-state index in [1.807, 2.05) is 36.4 Å². The Morgan fingerprint density at radius 2 is 1.78 bits per heavy atom. The van der Waals surface area contributed by atoms with Crippen LogP contribution in [0.5, 0.6) is 11.5 Å². The summed E-state index contributed by atoms with van der Waals surface area (Å²) >= 11 is 0. The lowest BCUT2D eigenvalue weighted by Gasteiger charge is -2.37. The van der Waals surface area contributed by atoms with Crippen molar-refractivity contribution >= 4 is 11.6 Å². The Morgan fingerprint density at radius 3 is 2.38 bits per heavy atom. The average Bonchev–Trinajstić information content (AvgIpc) is 2.77. The maximum Gasteiger partial charge on any atom is 0.228 e. The summed E-state index contributed by atoms with van der Waals surface area (Å²) < 4.78 is 11.3. The van der Waals surface area contributed by atoms with Gasteiger partial charge in [-0.2, -0.15) is 0 Å². The van der Waals surface area contributed by atoms with E-state index in [-0.39, 0.29) is 29.8 Å². The molecule has 0 fully saturated rings. The molecule has 1 amide bonds. The maximum absolute atomic E-state index is 13.7. The molecule has 2 N–H and O–H groups in total. The van der Waals surface area contributed by atoms with Gasteiger partial charge in [0.15, 0.2) is 11.5 Å². The molecule has 0 aliphatic carbocycles. The molecule has 32 heavy (non-hydrogen) atoms. The van der Waals surface area contributed by atoms with Gasteiger partial charge in [0.2, 0.25) is 5.91 Å². The van der Waals surface area contributed by atoms with Gasteiger partial charge in [0.05, 0.1) is 26.7 Å². The average molecular weight is 442 g/mol. The van der Waals surface area contributed by atoms with E-state index in [0.717, 1.165) is 36.8 Å². The number of ether oxygens (including phenoxy) is 2. The lowest BCUT2D eigenvalue weighted by molar-refractivity contribution is -0.124. The van der Waals surface area contributed by atoms with E-state index >= 15 is 0 Å². The first-order valence-corrected chi connectivity index (χ1v) is 11.5. The molecule has 0 aromatic heterocycles. The van der Waals surface area contributed by atoms with E-state index in [4.69, 9.17) is 9.47 Å². The van der Waals surface area contributed by atoms with Gasteiger partial charge >= 0.3 is 0 Å². The number of hydrogen-bond acceptors (Lipinski definition) is 4. The van der Waals surface area contributed by atoms with Gasteiger partial charge in [-0.15, -0.1) is 0 Å². The number of aliphatic hydroxyl groups excluding tert-OH is 1. The summed E-state index contributed by atoms with van der Waals surface area (Å²) in [6, 6.07) is 13.3. The molecule has 0 radical (unpaired) electrons. The first-order valence-electron chi connectivity index (χ1n) is 11.5. The highest BCUT2D eigenvalue weighted by atomic mass is 16.5. The Morgan fingerprint density at radius 1 is 1.06 bits per heavy atom. The van der Waals surface area contributed by atoms with Crippen LogP contribution in [0.4, 0.5) is 5.69 Å². The predicted octanol–water partition coefficient (Wildman–Crippen LogP) is 6.16. The van der Waals surface area contributed by atoms with E-state index in [2.05, 4.69) is 39.1 Å². The molecule has 2 unspecified atom stereocenters. The second kappa shape index (κ2) is 11.9. The van der Waals surface area contributed by atoms with Gasteiger partial charge in [0, 0.05) is 11.3 Å². The smallest absolute Gasteiger partial charge is 0.228 e. The van der Waals surface area contributed by atoms with Crippen LogP contribution >= 0.6 is 0 Å². The molecular formula is C27H39NO4. The number of aliphatic hydroxyl groups is 1. The molecular weight excluding hydrogens is 402 g/mol. The largest absolute Gasteiger partial charge is 0.493 e. The zero-order valence-corrected chi connectivity index (χ0v) is 20.4. The Labute approximate surface area is 193 Å². The van der Waals surface area contributed by atoms with Crippen molar-refractivity contribution < 1.29 is 19.4 Å². The molecule has 0 aliphatic rings. The first kappa shape index (κ1) is 25.7. The molecule has 0 heterocycles. The monoisotopic (exact) mass is 441 g/mol. The van der Waals surface area contributed by atoms with E-state index in [1.165, 1.54) is 0 Å². The van der Waals surface area contributed by atoms with E-state index in [0.29, 0.717) is 17.2 Å². The second-order valence-electron chi connectivity index (χ2n) is 9.38. The van der Waals surface area contributed by atoms with Crippen LogP contribution < -0.4 is 14.8 Å². The summed E-state index contributed by atoms with van der Waals surface area (Å²) in [5.41, 5.74) is 2.18. The Kier molecular flexibility index (Phi) is 9.58. The third-order valence-corrected chi connectivity index (χ3v) is 5.95. The third kappa shape index (κ3) is 6.49. The maximum atomic E-state index is 13.7. The van der Waals surface area contributed by atoms with Crippen molar-refractivity contribution in [2.45, 2.75) is 65.9 Å². The van der Waals surface area contributed by atoms with Gasteiger partial charge in [0.25, 0.3) is 0 Å². The molecule has 0 saturated heterocycles. The van der Waals surface area contributed by atoms with Crippen LogP contribution in [0.1, 0.15) is 70.4 Å². The second-order valence-corrected chi connectivity index (χ2v) is 9.38. The fourth-order valence-corrected chi connectivity index (χ4v) is 4.47. The molecule has 0 spiro atoms. The van der Waals surface area contributed by atoms with Crippen LogP contribution in [-0.2, 0) is 11.4 Å². The van der Waals surface area contributed by atoms with Crippen LogP contribution in [-0.4, -0.2) is 25.2 Å². The van der Waals surface area contributed by atoms with Gasteiger partial charge in [-0.3, -0.25) is 4.79 Å². The minimum Gasteiger partial charge on any atom is -0.493 e. The van der Waals surface area contributed by atoms with Crippen molar-refractivity contribution in [3.8, 4) is 11.5 Å². The Hall–Kier alpha value is -2.53. The molecule has 0 aliphatic heterocycles. The molecule has 2 atom stereocenters. The molecule has 5 nitrogen and oxygen atoms in total. The highest BCUT2D eigenvalue weighted by molar-refractivity contribution is 5.93. The molecule has 2 aromatic rings. The van der Waals surface area contributed by atoms with Crippen molar-refractivity contribution in [2.75, 3.05) is 19.5 Å². The summed E-state index contributed by atoms with van der Waals surface area (Å²) in [7, 11) is 3.28. The summed E-state index contributed by atoms with van der Waals surface area (Å²) in [6.45, 7) is 8.46. The highest BCUT2D eigenvalue weighted by Gasteiger charge is 2.40. The van der Waals surface area contributed by atoms with Crippen LogP contribution in [0.2, 0.25) is 0 Å². The number of methoxy groups -OCH3 is 2. The number of anilines is 1. The van der Waals surface area contributed by atoms with Crippen molar-refractivity contribution in [3.63, 3.8) is 0 Å². The Bertz CT molecular complexity index is 872. The number of benzene rings is 2. The van der Waals surface area contributed by atoms with Crippen LogP contribution in [0, 0.1) is 11.3 Å². The van der Waals surface area contributed by atoms with Gasteiger partial charge in [-0.25, -0.2) is 0 Å². The number of nitrogens with one attached hydrogen (secondary N) is 1. The standard InChI is InChI=1S/C27H39NO4/c1-7-8-9-14-21(22-15-11-16-23(31-5)25(22)32-6)24(27(2,3)4)26(30)28-20-13-10-12-19(17-20)18-29/h10-13,15-17,21,24,29H,7-9,14,18H2,1-6H3,(H,28,30). The van der Waals surface area contributed by atoms with Crippen LogP contribution in [0.3, 0.4) is 0 Å². The van der Waals surface area contributed by atoms with Gasteiger partial charge in [0.1, 0.15) is 0 Å². The van der Waals surface area contributed by atoms with Crippen molar-refractivity contribution in [1.29, 1.82) is 0 Å². The van der Waals surface area contributed by atoms with Gasteiger partial charge < -0.3 is 19.9 Å². The van der Waals surface area contributed by atoms with E-state index < -0.39 is 0 Å². The zero-order chi connectivity index (χ0) is 23.7. The van der Waals surface area contributed by atoms with Crippen molar-refractivity contribution in [1.82, 2.24) is 0 Å². The SMILES string of the molecule is CCCCCC(c1cccc(OC)c1OC)C(C(=O)Nc1cccc(CO)c1)C(C)(C)C. The first-order chi connectivity index (χ1) is 15.3. The summed E-state index contributed by atoms with van der Waals surface area (Å²) in [4.78, 5) is 13.7. The number of para-hydroxylation sites is 1. The number of amides is 1. The van der Waals surface area contributed by atoms with E-state index in [9.17, 15) is 9.90 Å². The molecule has 176 valence electrons. The summed E-state index contributed by atoms with van der Waals surface area (Å²) in [6.07, 6.45) is 4.13. The predicted molar refractivity (Wildman–Crippen MR) is 130 cm³/mol. The molecule has 0 saturated carbocycles. The minimum absolute atomic E-state index is 0.0287. The van der Waals surface area contributed by atoms with Gasteiger partial charge in [-0.05, 0) is 41.5 Å². The minimum atomic E-state index is -0.293.